The van der Waals surface area contributed by atoms with Gasteiger partial charge in [-0.1, -0.05) is 0 Å². The summed E-state index contributed by atoms with van der Waals surface area (Å²) in [5, 5.41) is 2.71. The molecule has 2 saturated heterocycles. The molecule has 0 aromatic carbocycles. The molecule has 64 valence electrons. The van der Waals surface area contributed by atoms with Crippen LogP contribution in [0.5, 0.6) is 0 Å². The first-order valence-electron chi connectivity index (χ1n) is 3.98. The standard InChI is InChI=1S/C8H14O2Se/c1-7(2)9-3-8(4-10-7)5-11-6-8/h3-6H2,1-2H3. The van der Waals surface area contributed by atoms with Gasteiger partial charge in [0.25, 0.3) is 0 Å². The zero-order valence-electron chi connectivity index (χ0n) is 7.05. The van der Waals surface area contributed by atoms with E-state index < -0.39 is 0 Å². The molecule has 3 heteroatoms. The minimum absolute atomic E-state index is 0.326. The Morgan fingerprint density at radius 2 is 1.64 bits per heavy atom. The molecule has 2 rings (SSSR count). The van der Waals surface area contributed by atoms with E-state index in [0.29, 0.717) is 5.41 Å². The van der Waals surface area contributed by atoms with Crippen LogP contribution in [0.2, 0.25) is 10.6 Å². The van der Waals surface area contributed by atoms with Crippen LogP contribution in [0.15, 0.2) is 0 Å². The van der Waals surface area contributed by atoms with Gasteiger partial charge in [-0.3, -0.25) is 0 Å². The van der Waals surface area contributed by atoms with Gasteiger partial charge < -0.3 is 0 Å². The average molecular weight is 221 g/mol. The fourth-order valence-corrected chi connectivity index (χ4v) is 3.63. The Labute approximate surface area is 73.8 Å². The predicted octanol–water partition coefficient (Wildman–Crippen LogP) is 1.31. The molecule has 11 heavy (non-hydrogen) atoms. The predicted molar refractivity (Wildman–Crippen MR) is 43.8 cm³/mol. The molecule has 0 N–H and O–H groups in total. The molecule has 2 aliphatic rings. The van der Waals surface area contributed by atoms with Gasteiger partial charge >= 0.3 is 73.3 Å². The van der Waals surface area contributed by atoms with Crippen molar-refractivity contribution in [3.8, 4) is 0 Å². The molecule has 0 aromatic rings. The van der Waals surface area contributed by atoms with Crippen LogP contribution in [0.25, 0.3) is 0 Å². The molecule has 0 bridgehead atoms. The van der Waals surface area contributed by atoms with Crippen molar-refractivity contribution in [3.05, 3.63) is 0 Å². The van der Waals surface area contributed by atoms with Gasteiger partial charge in [0, 0.05) is 0 Å². The topological polar surface area (TPSA) is 18.5 Å². The monoisotopic (exact) mass is 222 g/mol. The summed E-state index contributed by atoms with van der Waals surface area (Å²) in [5.74, 6) is -0.326. The van der Waals surface area contributed by atoms with E-state index in [1.165, 1.54) is 10.6 Å². The van der Waals surface area contributed by atoms with Crippen LogP contribution < -0.4 is 0 Å². The third-order valence-corrected chi connectivity index (χ3v) is 5.69. The van der Waals surface area contributed by atoms with E-state index in [1.54, 1.807) is 0 Å². The van der Waals surface area contributed by atoms with Crippen LogP contribution in [0.1, 0.15) is 13.8 Å². The van der Waals surface area contributed by atoms with Crippen LogP contribution >= 0.6 is 0 Å². The van der Waals surface area contributed by atoms with Gasteiger partial charge in [0.05, 0.1) is 0 Å². The van der Waals surface area contributed by atoms with Crippen molar-refractivity contribution in [1.82, 2.24) is 0 Å². The molecule has 0 unspecified atom stereocenters. The second-order valence-corrected chi connectivity index (χ2v) is 6.04. The second kappa shape index (κ2) is 2.46. The zero-order chi connectivity index (χ0) is 7.95. The molecule has 2 fully saturated rings. The van der Waals surface area contributed by atoms with Crippen molar-refractivity contribution in [2.75, 3.05) is 13.2 Å². The quantitative estimate of drug-likeness (QED) is 0.574. The molecule has 0 atom stereocenters. The zero-order valence-corrected chi connectivity index (χ0v) is 8.77. The number of hydrogen-bond donors (Lipinski definition) is 0. The van der Waals surface area contributed by atoms with E-state index >= 15 is 0 Å². The van der Waals surface area contributed by atoms with Crippen LogP contribution in [0.4, 0.5) is 0 Å². The maximum atomic E-state index is 5.61. The third kappa shape index (κ3) is 1.48. The number of rotatable bonds is 0. The molecular formula is C8H14O2Se. The van der Waals surface area contributed by atoms with Crippen molar-refractivity contribution in [2.24, 2.45) is 5.41 Å². The normalized spacial score (nSPS) is 33.3. The molecule has 0 radical (unpaired) electrons. The van der Waals surface area contributed by atoms with E-state index in [2.05, 4.69) is 0 Å². The Bertz CT molecular complexity index is 151. The van der Waals surface area contributed by atoms with Gasteiger partial charge in [-0.15, -0.1) is 0 Å². The van der Waals surface area contributed by atoms with Crippen LogP contribution in [0.3, 0.4) is 0 Å². The fourth-order valence-electron chi connectivity index (χ4n) is 1.29. The maximum absolute atomic E-state index is 5.61. The summed E-state index contributed by atoms with van der Waals surface area (Å²) in [5.41, 5.74) is 0.440. The SMILES string of the molecule is CC1(C)OCC2(CO1)C[Se]C2. The summed E-state index contributed by atoms with van der Waals surface area (Å²) in [6.07, 6.45) is 0. The molecule has 0 saturated carbocycles. The Hall–Kier alpha value is 0.439. The Balaban J connectivity index is 1.94. The van der Waals surface area contributed by atoms with Gasteiger partial charge in [-0.2, -0.15) is 0 Å². The first-order chi connectivity index (χ1) is 5.12. The fraction of sp³-hybridized carbons (Fsp3) is 1.00. The first-order valence-corrected chi connectivity index (χ1v) is 6.40. The van der Waals surface area contributed by atoms with E-state index in [1.807, 2.05) is 13.8 Å². The van der Waals surface area contributed by atoms with E-state index in [0.717, 1.165) is 28.2 Å². The van der Waals surface area contributed by atoms with Crippen molar-refractivity contribution >= 4 is 15.0 Å². The van der Waals surface area contributed by atoms with Gasteiger partial charge in [0.15, 0.2) is 0 Å². The molecule has 2 heterocycles. The number of ether oxygens (including phenoxy) is 2. The molecular weight excluding hydrogens is 207 g/mol. The summed E-state index contributed by atoms with van der Waals surface area (Å²) in [7, 11) is 0. The van der Waals surface area contributed by atoms with E-state index in [-0.39, 0.29) is 5.79 Å². The van der Waals surface area contributed by atoms with Gasteiger partial charge in [0.1, 0.15) is 0 Å². The summed E-state index contributed by atoms with van der Waals surface area (Å²) in [6.45, 7) is 5.82. The van der Waals surface area contributed by atoms with Crippen molar-refractivity contribution < 1.29 is 9.47 Å². The van der Waals surface area contributed by atoms with Gasteiger partial charge in [0.2, 0.25) is 0 Å². The third-order valence-electron chi connectivity index (χ3n) is 2.27. The Kier molecular flexibility index (Phi) is 1.80. The first kappa shape index (κ1) is 8.06. The van der Waals surface area contributed by atoms with Gasteiger partial charge in [-0.25, -0.2) is 0 Å². The molecule has 0 aromatic heterocycles. The second-order valence-electron chi connectivity index (χ2n) is 3.97. The molecule has 2 nitrogen and oxygen atoms in total. The summed E-state index contributed by atoms with van der Waals surface area (Å²) >= 11 is 0.883. The van der Waals surface area contributed by atoms with E-state index in [9.17, 15) is 0 Å². The molecule has 0 amide bonds. The Morgan fingerprint density at radius 3 is 2.00 bits per heavy atom. The summed E-state index contributed by atoms with van der Waals surface area (Å²) in [6, 6.07) is 0. The number of hydrogen-bond acceptors (Lipinski definition) is 2. The van der Waals surface area contributed by atoms with Crippen molar-refractivity contribution in [3.63, 3.8) is 0 Å². The summed E-state index contributed by atoms with van der Waals surface area (Å²) in [4.78, 5) is 0. The van der Waals surface area contributed by atoms with E-state index in [4.69, 9.17) is 9.47 Å². The summed E-state index contributed by atoms with van der Waals surface area (Å²) < 4.78 is 11.2. The van der Waals surface area contributed by atoms with Crippen molar-refractivity contribution in [2.45, 2.75) is 30.3 Å². The van der Waals surface area contributed by atoms with Crippen molar-refractivity contribution in [1.29, 1.82) is 0 Å². The van der Waals surface area contributed by atoms with Gasteiger partial charge in [-0.05, 0) is 0 Å². The van der Waals surface area contributed by atoms with Crippen LogP contribution in [-0.4, -0.2) is 34.0 Å². The average Bonchev–Trinajstić information content (AvgIpc) is 1.84. The minimum atomic E-state index is -0.326. The van der Waals surface area contributed by atoms with Crippen LogP contribution in [0, 0.1) is 5.41 Å². The Morgan fingerprint density at radius 1 is 1.09 bits per heavy atom. The molecule has 2 aliphatic heterocycles. The molecule has 1 spiro atoms. The molecule has 0 aliphatic carbocycles. The van der Waals surface area contributed by atoms with Crippen LogP contribution in [-0.2, 0) is 9.47 Å².